The maximum Gasteiger partial charge on any atom is 0.260 e. The molecule has 0 saturated carbocycles. The first-order valence-corrected chi connectivity index (χ1v) is 23.3. The summed E-state index contributed by atoms with van der Waals surface area (Å²) < 4.78 is 8.79. The highest BCUT2D eigenvalue weighted by molar-refractivity contribution is 7.95. The third-order valence-corrected chi connectivity index (χ3v) is 17.2. The van der Waals surface area contributed by atoms with E-state index in [4.69, 9.17) is 20.8 Å². The highest BCUT2D eigenvalue weighted by atomic mass is 31.2. The predicted molar refractivity (Wildman–Crippen MR) is 259 cm³/mol. The quantitative estimate of drug-likeness (QED) is 0.103. The van der Waals surface area contributed by atoms with Gasteiger partial charge in [0.2, 0.25) is 0 Å². The standard InChI is InChI=1S/C53H49N7O2P/c1-57(2)38-26-29-44-50(34-38)62-51-35-39(58(3)4)27-30-45(51)53(44)46-33-37(25-28-43(46)52(61)60(53)49-24-15-14-23-47(49)54)48-36-59(56-55-48)31-16-32-63(40-17-8-5-9-18-40,41-19-10-6-11-20-41)42-21-12-7-13-22-42/h5-15,17-30,33-36H,16,31-32,54H2,1-4H3/q+1. The summed E-state index contributed by atoms with van der Waals surface area (Å²) in [4.78, 5) is 21.1. The number of hydrogen-bond acceptors (Lipinski definition) is 7. The van der Waals surface area contributed by atoms with Crippen LogP contribution in [0.3, 0.4) is 0 Å². The van der Waals surface area contributed by atoms with E-state index in [1.54, 1.807) is 0 Å². The molecule has 63 heavy (non-hydrogen) atoms. The molecule has 7 aromatic carbocycles. The third-order valence-electron chi connectivity index (χ3n) is 12.6. The number of anilines is 4. The number of nitrogens with zero attached hydrogens (tertiary/aromatic N) is 6. The number of aromatic nitrogens is 3. The van der Waals surface area contributed by atoms with E-state index in [2.05, 4.69) is 143 Å². The monoisotopic (exact) mass is 846 g/mol. The minimum atomic E-state index is -2.00. The molecule has 1 amide bonds. The summed E-state index contributed by atoms with van der Waals surface area (Å²) in [7, 11) is 6.04. The maximum absolute atomic E-state index is 15.1. The van der Waals surface area contributed by atoms with Gasteiger partial charge in [-0.15, -0.1) is 5.10 Å². The van der Waals surface area contributed by atoms with Crippen LogP contribution < -0.4 is 41.1 Å². The smallest absolute Gasteiger partial charge is 0.260 e. The van der Waals surface area contributed by atoms with Crippen molar-refractivity contribution in [3.8, 4) is 22.8 Å². The zero-order valence-corrected chi connectivity index (χ0v) is 36.8. The van der Waals surface area contributed by atoms with Crippen molar-refractivity contribution >= 4 is 51.8 Å². The Labute approximate surface area is 369 Å². The van der Waals surface area contributed by atoms with Crippen LogP contribution in [0.4, 0.5) is 22.7 Å². The number of rotatable bonds is 11. The minimum Gasteiger partial charge on any atom is -0.456 e. The molecule has 2 aliphatic rings. The first-order chi connectivity index (χ1) is 30.7. The Morgan fingerprint density at radius 2 is 1.17 bits per heavy atom. The van der Waals surface area contributed by atoms with Gasteiger partial charge in [-0.3, -0.25) is 14.4 Å². The number of carbonyl (C=O) groups excluding carboxylic acids is 1. The van der Waals surface area contributed by atoms with E-state index in [1.165, 1.54) is 15.9 Å². The molecule has 0 fully saturated rings. The molecule has 0 unspecified atom stereocenters. The van der Waals surface area contributed by atoms with Gasteiger partial charge in [0.25, 0.3) is 5.91 Å². The van der Waals surface area contributed by atoms with E-state index in [-0.39, 0.29) is 5.91 Å². The van der Waals surface area contributed by atoms with Gasteiger partial charge in [0.15, 0.2) is 0 Å². The topological polar surface area (TPSA) is 92.8 Å². The lowest BCUT2D eigenvalue weighted by Gasteiger charge is -2.45. The number of amides is 1. The van der Waals surface area contributed by atoms with Crippen molar-refractivity contribution in [2.45, 2.75) is 18.5 Å². The molecule has 1 aromatic heterocycles. The van der Waals surface area contributed by atoms with Crippen LogP contribution in [-0.2, 0) is 12.1 Å². The molecule has 312 valence electrons. The second kappa shape index (κ2) is 15.9. The zero-order valence-electron chi connectivity index (χ0n) is 35.9. The molecule has 10 rings (SSSR count). The lowest BCUT2D eigenvalue weighted by atomic mass is 9.74. The van der Waals surface area contributed by atoms with Crippen molar-refractivity contribution in [3.05, 3.63) is 198 Å². The Bertz CT molecular complexity index is 2820. The molecule has 8 aromatic rings. The Hall–Kier alpha value is -7.22. The average Bonchev–Trinajstić information content (AvgIpc) is 3.89. The first kappa shape index (κ1) is 39.9. The molecular weight excluding hydrogens is 798 g/mol. The van der Waals surface area contributed by atoms with Crippen LogP contribution in [0.15, 0.2) is 176 Å². The van der Waals surface area contributed by atoms with E-state index in [0.717, 1.165) is 51.9 Å². The van der Waals surface area contributed by atoms with Crippen molar-refractivity contribution in [2.24, 2.45) is 0 Å². The van der Waals surface area contributed by atoms with Gasteiger partial charge in [-0.2, -0.15) is 0 Å². The van der Waals surface area contributed by atoms with Gasteiger partial charge < -0.3 is 20.3 Å². The van der Waals surface area contributed by atoms with Crippen LogP contribution in [0, 0.1) is 0 Å². The first-order valence-electron chi connectivity index (χ1n) is 21.3. The second-order valence-corrected chi connectivity index (χ2v) is 20.3. The SMILES string of the molecule is CN(C)c1ccc2c(c1)Oc1cc(N(C)C)ccc1C21c2cc(-c3cn(CCC[P+](c4ccccc4)(c4ccccc4)c4ccccc4)nn3)ccc2C(=O)N1c1ccccc1N. The fraction of sp³-hybridized carbons (Fsp3) is 0.151. The van der Waals surface area contributed by atoms with Crippen molar-refractivity contribution < 1.29 is 9.53 Å². The van der Waals surface area contributed by atoms with E-state index in [0.29, 0.717) is 35.0 Å². The predicted octanol–water partition coefficient (Wildman–Crippen LogP) is 9.10. The Morgan fingerprint density at radius 1 is 0.635 bits per heavy atom. The third kappa shape index (κ3) is 6.54. The molecule has 9 nitrogen and oxygen atoms in total. The molecule has 0 atom stereocenters. The van der Waals surface area contributed by atoms with Gasteiger partial charge in [-0.05, 0) is 72.8 Å². The summed E-state index contributed by atoms with van der Waals surface area (Å²) in [6.07, 6.45) is 3.89. The Kier molecular flexibility index (Phi) is 10.1. The van der Waals surface area contributed by atoms with Crippen molar-refractivity contribution in [3.63, 3.8) is 0 Å². The molecular formula is C53H49N7O2P+. The fourth-order valence-electron chi connectivity index (χ4n) is 9.60. The largest absolute Gasteiger partial charge is 0.456 e. The molecule has 10 heteroatoms. The highest BCUT2D eigenvalue weighted by Gasteiger charge is 2.57. The maximum atomic E-state index is 15.1. The summed E-state index contributed by atoms with van der Waals surface area (Å²) in [5, 5.41) is 13.5. The van der Waals surface area contributed by atoms with Crippen LogP contribution in [-0.4, -0.2) is 55.3 Å². The van der Waals surface area contributed by atoms with Crippen molar-refractivity contribution in [2.75, 3.05) is 54.8 Å². The van der Waals surface area contributed by atoms with Gasteiger partial charge in [-0.25, -0.2) is 0 Å². The van der Waals surface area contributed by atoms with Crippen molar-refractivity contribution in [1.29, 1.82) is 0 Å². The summed E-state index contributed by atoms with van der Waals surface area (Å²) in [6, 6.07) is 59.0. The second-order valence-electron chi connectivity index (χ2n) is 16.7. The molecule has 0 bridgehead atoms. The van der Waals surface area contributed by atoms with Crippen LogP contribution >= 0.6 is 7.26 Å². The van der Waals surface area contributed by atoms with Crippen LogP contribution in [0.5, 0.6) is 11.5 Å². The number of para-hydroxylation sites is 2. The summed E-state index contributed by atoms with van der Waals surface area (Å²) in [5.74, 6) is 1.19. The van der Waals surface area contributed by atoms with E-state index in [1.807, 2.05) is 80.4 Å². The van der Waals surface area contributed by atoms with Gasteiger partial charge in [-0.1, -0.05) is 90.1 Å². The van der Waals surface area contributed by atoms with Crippen LogP contribution in [0.25, 0.3) is 11.3 Å². The lowest BCUT2D eigenvalue weighted by Crippen LogP contribution is -2.48. The molecule has 0 aliphatic carbocycles. The zero-order chi connectivity index (χ0) is 43.3. The molecule has 3 heterocycles. The van der Waals surface area contributed by atoms with Crippen LogP contribution in [0.1, 0.15) is 33.5 Å². The van der Waals surface area contributed by atoms with Crippen LogP contribution in [0.2, 0.25) is 0 Å². The number of carbonyl (C=O) groups is 1. The molecule has 0 radical (unpaired) electrons. The minimum absolute atomic E-state index is 0.146. The van der Waals surface area contributed by atoms with Gasteiger partial charge >= 0.3 is 0 Å². The molecule has 2 aliphatic heterocycles. The molecule has 0 saturated heterocycles. The fourth-order valence-corrected chi connectivity index (χ4v) is 13.9. The number of nitrogens with two attached hydrogens (primary N) is 1. The number of hydrogen-bond donors (Lipinski definition) is 1. The van der Waals surface area contributed by atoms with E-state index in [9.17, 15) is 0 Å². The summed E-state index contributed by atoms with van der Waals surface area (Å²) in [6.45, 7) is 0.691. The molecule has 1 spiro atoms. The Morgan fingerprint density at radius 3 is 1.71 bits per heavy atom. The van der Waals surface area contributed by atoms with Gasteiger partial charge in [0, 0.05) is 92.5 Å². The number of aryl methyl sites for hydroxylation is 1. The average molecular weight is 847 g/mol. The van der Waals surface area contributed by atoms with E-state index < -0.39 is 12.8 Å². The summed E-state index contributed by atoms with van der Waals surface area (Å²) in [5.41, 5.74) is 13.4. The number of fused-ring (bicyclic) bond motifs is 6. The van der Waals surface area contributed by atoms with Gasteiger partial charge in [0.1, 0.15) is 45.9 Å². The van der Waals surface area contributed by atoms with E-state index >= 15 is 4.79 Å². The number of ether oxygens (including phenoxy) is 1. The number of nitrogen functional groups attached to an aromatic ring is 1. The number of benzene rings is 7. The van der Waals surface area contributed by atoms with Gasteiger partial charge in [0.05, 0.1) is 23.7 Å². The normalized spacial score (nSPS) is 13.6. The molecule has 2 N–H and O–H groups in total. The van der Waals surface area contributed by atoms with Crippen molar-refractivity contribution in [1.82, 2.24) is 15.0 Å². The highest BCUT2D eigenvalue weighted by Crippen LogP contribution is 2.60. The Balaban J connectivity index is 1.07. The summed E-state index contributed by atoms with van der Waals surface area (Å²) >= 11 is 0. The lowest BCUT2D eigenvalue weighted by molar-refractivity contribution is 0.0986.